The molecule has 1 saturated carbocycles. The second-order valence-electron chi connectivity index (χ2n) is 5.85. The predicted octanol–water partition coefficient (Wildman–Crippen LogP) is 2.93. The van der Waals surface area contributed by atoms with E-state index in [0.717, 1.165) is 19.3 Å². The van der Waals surface area contributed by atoms with Gasteiger partial charge in [-0.25, -0.2) is 4.79 Å². The van der Waals surface area contributed by atoms with Crippen molar-refractivity contribution in [2.24, 2.45) is 0 Å². The fraction of sp³-hybridized carbons (Fsp3) is 0.500. The summed E-state index contributed by atoms with van der Waals surface area (Å²) in [4.78, 5) is 25.9. The molecule has 1 N–H and O–H groups in total. The SMILES string of the molecule is O=C(O)C1COC2(CCCCC2)N1C(=O)c1ccc(Cl)cc1. The summed E-state index contributed by atoms with van der Waals surface area (Å²) in [6.45, 7) is 0.0503. The maximum Gasteiger partial charge on any atom is 0.328 e. The van der Waals surface area contributed by atoms with Gasteiger partial charge >= 0.3 is 5.97 Å². The van der Waals surface area contributed by atoms with Gasteiger partial charge < -0.3 is 9.84 Å². The molecule has 1 aromatic rings. The normalized spacial score (nSPS) is 23.7. The molecule has 118 valence electrons. The van der Waals surface area contributed by atoms with E-state index in [1.165, 1.54) is 4.90 Å². The first-order valence-electron chi connectivity index (χ1n) is 7.49. The van der Waals surface area contributed by atoms with Crippen LogP contribution in [0, 0.1) is 0 Å². The standard InChI is InChI=1S/C16H18ClNO4/c17-12-6-4-11(5-7-12)14(19)18-13(15(20)21)10-22-16(18)8-2-1-3-9-16/h4-7,13H,1-3,8-10H2,(H,20,21). The number of hydrogen-bond donors (Lipinski definition) is 1. The molecule has 2 fully saturated rings. The smallest absolute Gasteiger partial charge is 0.328 e. The molecule has 1 aliphatic heterocycles. The van der Waals surface area contributed by atoms with Crippen LogP contribution in [0.1, 0.15) is 42.5 Å². The summed E-state index contributed by atoms with van der Waals surface area (Å²) in [6, 6.07) is 5.59. The number of halogens is 1. The summed E-state index contributed by atoms with van der Waals surface area (Å²) >= 11 is 5.85. The molecule has 1 aromatic carbocycles. The lowest BCUT2D eigenvalue weighted by molar-refractivity contribution is -0.143. The third-order valence-electron chi connectivity index (χ3n) is 4.49. The zero-order valence-electron chi connectivity index (χ0n) is 12.1. The lowest BCUT2D eigenvalue weighted by Gasteiger charge is -2.41. The Morgan fingerprint density at radius 3 is 2.41 bits per heavy atom. The predicted molar refractivity (Wildman–Crippen MR) is 80.8 cm³/mol. The van der Waals surface area contributed by atoms with Crippen LogP contribution >= 0.6 is 11.6 Å². The number of carboxylic acids is 1. The van der Waals surface area contributed by atoms with Crippen molar-refractivity contribution in [1.29, 1.82) is 0 Å². The van der Waals surface area contributed by atoms with E-state index in [4.69, 9.17) is 16.3 Å². The number of carboxylic acid groups (broad SMARTS) is 1. The molecule has 0 aromatic heterocycles. The first-order valence-corrected chi connectivity index (χ1v) is 7.87. The Balaban J connectivity index is 1.95. The van der Waals surface area contributed by atoms with Gasteiger partial charge in [0, 0.05) is 10.6 Å². The van der Waals surface area contributed by atoms with Gasteiger partial charge in [-0.1, -0.05) is 18.0 Å². The second-order valence-corrected chi connectivity index (χ2v) is 6.29. The highest BCUT2D eigenvalue weighted by molar-refractivity contribution is 6.30. The number of amides is 1. The Hall–Kier alpha value is -1.59. The average Bonchev–Trinajstić information content (AvgIpc) is 2.87. The van der Waals surface area contributed by atoms with E-state index in [2.05, 4.69) is 0 Å². The Bertz CT molecular complexity index is 580. The number of aliphatic carboxylic acids is 1. The van der Waals surface area contributed by atoms with Crippen molar-refractivity contribution in [3.8, 4) is 0 Å². The molecule has 0 radical (unpaired) electrons. The Kier molecular flexibility index (Phi) is 4.10. The highest BCUT2D eigenvalue weighted by Gasteiger charge is 2.53. The van der Waals surface area contributed by atoms with Gasteiger partial charge in [0.2, 0.25) is 0 Å². The lowest BCUT2D eigenvalue weighted by atomic mass is 9.89. The highest BCUT2D eigenvalue weighted by Crippen LogP contribution is 2.41. The molecule has 1 heterocycles. The van der Waals surface area contributed by atoms with Gasteiger partial charge in [0.25, 0.3) is 5.91 Å². The first-order chi connectivity index (χ1) is 10.5. The van der Waals surface area contributed by atoms with E-state index in [0.29, 0.717) is 23.4 Å². The maximum atomic E-state index is 12.9. The van der Waals surface area contributed by atoms with Gasteiger partial charge in [0.15, 0.2) is 6.04 Å². The molecular formula is C16H18ClNO4. The minimum absolute atomic E-state index is 0.0503. The highest BCUT2D eigenvalue weighted by atomic mass is 35.5. The molecule has 5 nitrogen and oxygen atoms in total. The van der Waals surface area contributed by atoms with Crippen LogP contribution in [0.3, 0.4) is 0 Å². The van der Waals surface area contributed by atoms with Crippen LogP contribution in [0.15, 0.2) is 24.3 Å². The largest absolute Gasteiger partial charge is 0.480 e. The van der Waals surface area contributed by atoms with Crippen LogP contribution in [0.5, 0.6) is 0 Å². The fourth-order valence-electron chi connectivity index (χ4n) is 3.39. The van der Waals surface area contributed by atoms with E-state index in [9.17, 15) is 14.7 Å². The van der Waals surface area contributed by atoms with Crippen LogP contribution in [0.2, 0.25) is 5.02 Å². The maximum absolute atomic E-state index is 12.9. The molecule has 1 aliphatic carbocycles. The molecule has 22 heavy (non-hydrogen) atoms. The van der Waals surface area contributed by atoms with Crippen LogP contribution in [-0.4, -0.2) is 40.3 Å². The Labute approximate surface area is 133 Å². The number of benzene rings is 1. The van der Waals surface area contributed by atoms with E-state index >= 15 is 0 Å². The van der Waals surface area contributed by atoms with Crippen molar-refractivity contribution in [2.45, 2.75) is 43.9 Å². The van der Waals surface area contributed by atoms with Crippen molar-refractivity contribution in [3.63, 3.8) is 0 Å². The van der Waals surface area contributed by atoms with Crippen molar-refractivity contribution >= 4 is 23.5 Å². The van der Waals surface area contributed by atoms with Gasteiger partial charge in [-0.15, -0.1) is 0 Å². The van der Waals surface area contributed by atoms with Crippen LogP contribution < -0.4 is 0 Å². The van der Waals surface area contributed by atoms with Crippen molar-refractivity contribution < 1.29 is 19.4 Å². The molecule has 2 aliphatic rings. The molecule has 0 bridgehead atoms. The van der Waals surface area contributed by atoms with Crippen molar-refractivity contribution in [3.05, 3.63) is 34.9 Å². The first kappa shape index (κ1) is 15.3. The second kappa shape index (κ2) is 5.89. The molecular weight excluding hydrogens is 306 g/mol. The van der Waals surface area contributed by atoms with Gasteiger partial charge in [-0.05, 0) is 49.9 Å². The quantitative estimate of drug-likeness (QED) is 0.908. The number of carbonyl (C=O) groups is 2. The van der Waals surface area contributed by atoms with Crippen LogP contribution in [0.4, 0.5) is 0 Å². The Morgan fingerprint density at radius 2 is 1.82 bits per heavy atom. The molecule has 1 atom stereocenters. The molecule has 1 unspecified atom stereocenters. The monoisotopic (exact) mass is 323 g/mol. The zero-order valence-corrected chi connectivity index (χ0v) is 12.9. The van der Waals surface area contributed by atoms with E-state index < -0.39 is 17.7 Å². The topological polar surface area (TPSA) is 66.8 Å². The Morgan fingerprint density at radius 1 is 1.18 bits per heavy atom. The van der Waals surface area contributed by atoms with E-state index in [1.807, 2.05) is 0 Å². The van der Waals surface area contributed by atoms with E-state index in [-0.39, 0.29) is 12.5 Å². The fourth-order valence-corrected chi connectivity index (χ4v) is 3.52. The molecule has 1 saturated heterocycles. The minimum Gasteiger partial charge on any atom is -0.480 e. The zero-order chi connectivity index (χ0) is 15.7. The summed E-state index contributed by atoms with van der Waals surface area (Å²) in [6.07, 6.45) is 4.35. The summed E-state index contributed by atoms with van der Waals surface area (Å²) in [5, 5.41) is 9.98. The minimum atomic E-state index is -1.02. The number of carbonyl (C=O) groups excluding carboxylic acids is 1. The molecule has 6 heteroatoms. The van der Waals surface area contributed by atoms with Gasteiger partial charge in [0.1, 0.15) is 5.72 Å². The number of rotatable bonds is 2. The van der Waals surface area contributed by atoms with Gasteiger partial charge in [-0.2, -0.15) is 0 Å². The summed E-state index contributed by atoms with van der Waals surface area (Å²) in [7, 11) is 0. The molecule has 3 rings (SSSR count). The van der Waals surface area contributed by atoms with Gasteiger partial charge in [0.05, 0.1) is 6.61 Å². The third-order valence-corrected chi connectivity index (χ3v) is 4.74. The van der Waals surface area contributed by atoms with Crippen molar-refractivity contribution in [1.82, 2.24) is 4.90 Å². The summed E-state index contributed by atoms with van der Waals surface area (Å²) in [5.41, 5.74) is -0.330. The molecule has 1 spiro atoms. The lowest BCUT2D eigenvalue weighted by Crippen LogP contribution is -2.54. The van der Waals surface area contributed by atoms with Crippen LogP contribution in [-0.2, 0) is 9.53 Å². The van der Waals surface area contributed by atoms with Crippen molar-refractivity contribution in [2.75, 3.05) is 6.61 Å². The summed E-state index contributed by atoms with van der Waals surface area (Å²) < 4.78 is 5.83. The van der Waals surface area contributed by atoms with Gasteiger partial charge in [-0.3, -0.25) is 9.69 Å². The number of hydrogen-bond acceptors (Lipinski definition) is 3. The number of nitrogens with zero attached hydrogens (tertiary/aromatic N) is 1. The number of ether oxygens (including phenoxy) is 1. The molecule has 1 amide bonds. The van der Waals surface area contributed by atoms with Crippen LogP contribution in [0.25, 0.3) is 0 Å². The average molecular weight is 324 g/mol. The van der Waals surface area contributed by atoms with E-state index in [1.54, 1.807) is 24.3 Å². The summed E-state index contributed by atoms with van der Waals surface area (Å²) in [5.74, 6) is -1.33. The third kappa shape index (κ3) is 2.59.